The van der Waals surface area contributed by atoms with E-state index in [-0.39, 0.29) is 6.04 Å². The van der Waals surface area contributed by atoms with Crippen LogP contribution in [0.15, 0.2) is 48.1 Å². The second-order valence-corrected chi connectivity index (χ2v) is 10.2. The lowest BCUT2D eigenvalue weighted by Gasteiger charge is -2.29. The SMILES string of the molecule is Cc1cccc(-c2nn(C3CCN(S(N)(=O)=O)CC3)cc2-c2ccc3ncsc3c2)n1. The highest BCUT2D eigenvalue weighted by Gasteiger charge is 2.28. The Morgan fingerprint density at radius 3 is 2.71 bits per heavy atom. The summed E-state index contributed by atoms with van der Waals surface area (Å²) in [6.07, 6.45) is 3.37. The van der Waals surface area contributed by atoms with Crippen molar-refractivity contribution in [1.29, 1.82) is 0 Å². The Hall–Kier alpha value is -2.66. The lowest BCUT2D eigenvalue weighted by molar-refractivity contribution is 0.261. The minimum atomic E-state index is -3.65. The van der Waals surface area contributed by atoms with Crippen LogP contribution in [0.25, 0.3) is 32.7 Å². The van der Waals surface area contributed by atoms with Crippen molar-refractivity contribution in [3.8, 4) is 22.5 Å². The molecule has 4 aromatic rings. The molecular weight excluding hydrogens is 432 g/mol. The van der Waals surface area contributed by atoms with Crippen LogP contribution < -0.4 is 5.14 Å². The zero-order valence-electron chi connectivity index (χ0n) is 17.0. The molecule has 0 bridgehead atoms. The van der Waals surface area contributed by atoms with Crippen LogP contribution in [0.1, 0.15) is 24.6 Å². The van der Waals surface area contributed by atoms with Gasteiger partial charge >= 0.3 is 0 Å². The normalized spacial score (nSPS) is 16.2. The van der Waals surface area contributed by atoms with Crippen LogP contribution in [0.3, 0.4) is 0 Å². The number of fused-ring (bicyclic) bond motifs is 1. The van der Waals surface area contributed by atoms with E-state index in [9.17, 15) is 8.42 Å². The van der Waals surface area contributed by atoms with Gasteiger partial charge in [0.1, 0.15) is 5.69 Å². The molecule has 1 aromatic carbocycles. The number of hydrogen-bond acceptors (Lipinski definition) is 6. The summed E-state index contributed by atoms with van der Waals surface area (Å²) in [6.45, 7) is 2.75. The molecule has 1 fully saturated rings. The van der Waals surface area contributed by atoms with Crippen LogP contribution in [-0.2, 0) is 10.2 Å². The van der Waals surface area contributed by atoms with E-state index >= 15 is 0 Å². The number of aryl methyl sites for hydroxylation is 1. The summed E-state index contributed by atoms with van der Waals surface area (Å²) in [5.74, 6) is 0. The molecule has 0 atom stereocenters. The molecule has 31 heavy (non-hydrogen) atoms. The molecule has 5 rings (SSSR count). The molecular formula is C21H22N6O2S2. The molecule has 0 unspecified atom stereocenters. The van der Waals surface area contributed by atoms with Crippen LogP contribution in [-0.4, -0.2) is 45.6 Å². The standard InChI is InChI=1S/C21H22N6O2S2/c1-14-3-2-4-19(24-14)21-17(15-5-6-18-20(11-15)30-13-23-18)12-27(25-21)16-7-9-26(10-8-16)31(22,28)29/h2-6,11-13,16H,7-10H2,1H3,(H2,22,28,29). The highest BCUT2D eigenvalue weighted by molar-refractivity contribution is 7.86. The maximum atomic E-state index is 11.6. The van der Waals surface area contributed by atoms with Crippen LogP contribution in [0.2, 0.25) is 0 Å². The first-order valence-electron chi connectivity index (χ1n) is 10.0. The molecule has 2 N–H and O–H groups in total. The fourth-order valence-corrected chi connectivity index (χ4v) is 5.47. The molecule has 0 saturated carbocycles. The topological polar surface area (TPSA) is 107 Å². The van der Waals surface area contributed by atoms with Crippen LogP contribution >= 0.6 is 11.3 Å². The average molecular weight is 455 g/mol. The Kier molecular flexibility index (Phi) is 5.09. The number of hydrogen-bond donors (Lipinski definition) is 1. The van der Waals surface area contributed by atoms with Crippen molar-refractivity contribution in [2.45, 2.75) is 25.8 Å². The van der Waals surface area contributed by atoms with Gasteiger partial charge < -0.3 is 0 Å². The summed E-state index contributed by atoms with van der Waals surface area (Å²) in [7, 11) is -3.65. The summed E-state index contributed by atoms with van der Waals surface area (Å²) in [5.41, 5.74) is 7.46. The van der Waals surface area contributed by atoms with Gasteiger partial charge in [-0.1, -0.05) is 12.1 Å². The van der Waals surface area contributed by atoms with E-state index in [4.69, 9.17) is 15.2 Å². The molecule has 0 spiro atoms. The molecule has 1 aliphatic rings. The first-order chi connectivity index (χ1) is 14.9. The Morgan fingerprint density at radius 1 is 1.16 bits per heavy atom. The zero-order chi connectivity index (χ0) is 21.6. The second kappa shape index (κ2) is 7.79. The van der Waals surface area contributed by atoms with E-state index in [1.807, 2.05) is 41.4 Å². The number of thiazole rings is 1. The molecule has 0 aliphatic carbocycles. The molecule has 160 valence electrons. The third-order valence-corrected chi connectivity index (χ3v) is 7.54. The molecule has 0 radical (unpaired) electrons. The zero-order valence-corrected chi connectivity index (χ0v) is 18.6. The van der Waals surface area contributed by atoms with Crippen molar-refractivity contribution in [3.63, 3.8) is 0 Å². The van der Waals surface area contributed by atoms with E-state index in [2.05, 4.69) is 23.3 Å². The molecule has 3 aromatic heterocycles. The van der Waals surface area contributed by atoms with E-state index in [1.165, 1.54) is 4.31 Å². The molecule has 1 aliphatic heterocycles. The van der Waals surface area contributed by atoms with Crippen molar-refractivity contribution in [2.75, 3.05) is 13.1 Å². The first kappa shape index (κ1) is 20.3. The average Bonchev–Trinajstić information content (AvgIpc) is 3.40. The van der Waals surface area contributed by atoms with Gasteiger partial charge in [-0.05, 0) is 49.6 Å². The van der Waals surface area contributed by atoms with Gasteiger partial charge in [0.05, 0.1) is 27.5 Å². The molecule has 4 heterocycles. The monoisotopic (exact) mass is 454 g/mol. The minimum Gasteiger partial charge on any atom is -0.268 e. The second-order valence-electron chi connectivity index (χ2n) is 7.75. The number of benzene rings is 1. The van der Waals surface area contributed by atoms with E-state index in [1.54, 1.807) is 11.3 Å². The van der Waals surface area contributed by atoms with Gasteiger partial charge in [0.25, 0.3) is 10.2 Å². The van der Waals surface area contributed by atoms with E-state index < -0.39 is 10.2 Å². The Labute approximate surface area is 184 Å². The maximum Gasteiger partial charge on any atom is 0.276 e. The number of piperidine rings is 1. The Bertz CT molecular complexity index is 1350. The highest BCUT2D eigenvalue weighted by Crippen LogP contribution is 2.35. The number of aromatic nitrogens is 4. The van der Waals surface area contributed by atoms with Crippen LogP contribution in [0.5, 0.6) is 0 Å². The minimum absolute atomic E-state index is 0.0995. The van der Waals surface area contributed by atoms with Crippen LogP contribution in [0, 0.1) is 6.92 Å². The molecule has 10 heteroatoms. The molecule has 0 amide bonds. The summed E-state index contributed by atoms with van der Waals surface area (Å²) in [4.78, 5) is 9.07. The van der Waals surface area contributed by atoms with Gasteiger partial charge in [-0.2, -0.15) is 17.8 Å². The largest absolute Gasteiger partial charge is 0.276 e. The van der Waals surface area contributed by atoms with Gasteiger partial charge in [-0.15, -0.1) is 11.3 Å². The van der Waals surface area contributed by atoms with Gasteiger partial charge in [0.15, 0.2) is 0 Å². The van der Waals surface area contributed by atoms with Gasteiger partial charge in [-0.3, -0.25) is 9.67 Å². The smallest absolute Gasteiger partial charge is 0.268 e. The quantitative estimate of drug-likeness (QED) is 0.509. The Morgan fingerprint density at radius 2 is 1.97 bits per heavy atom. The lowest BCUT2D eigenvalue weighted by Crippen LogP contribution is -2.42. The summed E-state index contributed by atoms with van der Waals surface area (Å²) < 4.78 is 27.7. The third-order valence-electron chi connectivity index (χ3n) is 5.66. The highest BCUT2D eigenvalue weighted by atomic mass is 32.2. The Balaban J connectivity index is 1.56. The predicted molar refractivity (Wildman–Crippen MR) is 122 cm³/mol. The van der Waals surface area contributed by atoms with Gasteiger partial charge in [0.2, 0.25) is 0 Å². The van der Waals surface area contributed by atoms with E-state index in [0.717, 1.165) is 38.4 Å². The van der Waals surface area contributed by atoms with Gasteiger partial charge in [-0.25, -0.2) is 10.1 Å². The molecule has 8 nitrogen and oxygen atoms in total. The number of rotatable bonds is 4. The number of pyridine rings is 1. The van der Waals surface area contributed by atoms with E-state index in [0.29, 0.717) is 25.9 Å². The predicted octanol–water partition coefficient (Wildman–Crippen LogP) is 3.37. The number of nitrogens with two attached hydrogens (primary N) is 1. The van der Waals surface area contributed by atoms with Crippen molar-refractivity contribution >= 4 is 31.8 Å². The molecule has 1 saturated heterocycles. The lowest BCUT2D eigenvalue weighted by atomic mass is 10.0. The van der Waals surface area contributed by atoms with Crippen molar-refractivity contribution in [3.05, 3.63) is 53.8 Å². The fourth-order valence-electron chi connectivity index (χ4n) is 4.04. The van der Waals surface area contributed by atoms with Crippen LogP contribution in [0.4, 0.5) is 0 Å². The third kappa shape index (κ3) is 3.99. The first-order valence-corrected chi connectivity index (χ1v) is 12.4. The fraction of sp³-hybridized carbons (Fsp3) is 0.286. The summed E-state index contributed by atoms with van der Waals surface area (Å²) in [6, 6.07) is 12.2. The van der Waals surface area contributed by atoms with Crippen molar-refractivity contribution in [1.82, 2.24) is 24.1 Å². The summed E-state index contributed by atoms with van der Waals surface area (Å²) in [5, 5.41) is 10.2. The number of nitrogens with zero attached hydrogens (tertiary/aromatic N) is 5. The maximum absolute atomic E-state index is 11.6. The van der Waals surface area contributed by atoms with Crippen molar-refractivity contribution in [2.24, 2.45) is 5.14 Å². The van der Waals surface area contributed by atoms with Crippen molar-refractivity contribution < 1.29 is 8.42 Å². The summed E-state index contributed by atoms with van der Waals surface area (Å²) >= 11 is 1.61. The van der Waals surface area contributed by atoms with Gasteiger partial charge in [0, 0.05) is 30.5 Å².